The van der Waals surface area contributed by atoms with Crippen molar-refractivity contribution in [1.82, 2.24) is 0 Å². The molecule has 0 saturated carbocycles. The molecule has 0 heterocycles. The SMILES string of the molecule is c1ccc(-c2ccccc2N(c2ccc(-c3ccc4ccccc4c3)cc2)c2cccc3c2-c2ccccc2Cc2ccccc2-c2ccccc2C3)cc1. The Morgan fingerprint density at radius 1 is 0.291 bits per heavy atom. The zero-order chi connectivity index (χ0) is 36.6. The van der Waals surface area contributed by atoms with E-state index < -0.39 is 0 Å². The van der Waals surface area contributed by atoms with Crippen LogP contribution < -0.4 is 4.90 Å². The van der Waals surface area contributed by atoms with Crippen LogP contribution in [0.4, 0.5) is 17.1 Å². The molecule has 1 aliphatic carbocycles. The maximum atomic E-state index is 2.49. The number of para-hydroxylation sites is 1. The second-order valence-corrected chi connectivity index (χ2v) is 14.5. The highest BCUT2D eigenvalue weighted by molar-refractivity contribution is 5.96. The van der Waals surface area contributed by atoms with Crippen LogP contribution in [0.1, 0.15) is 22.3 Å². The zero-order valence-corrected chi connectivity index (χ0v) is 30.6. The molecule has 0 bridgehead atoms. The Labute approximate surface area is 323 Å². The largest absolute Gasteiger partial charge is 0.309 e. The van der Waals surface area contributed by atoms with Crippen LogP contribution in [0.25, 0.3) is 55.3 Å². The monoisotopic (exact) mass is 701 g/mol. The van der Waals surface area contributed by atoms with Gasteiger partial charge in [-0.3, -0.25) is 0 Å². The number of hydrogen-bond acceptors (Lipinski definition) is 1. The van der Waals surface area contributed by atoms with Crippen LogP contribution in [0.15, 0.2) is 212 Å². The van der Waals surface area contributed by atoms with Gasteiger partial charge in [0.1, 0.15) is 0 Å². The van der Waals surface area contributed by atoms with Crippen molar-refractivity contribution in [3.05, 3.63) is 235 Å². The minimum atomic E-state index is 0.817. The molecule has 9 aromatic carbocycles. The molecule has 1 aliphatic rings. The molecule has 55 heavy (non-hydrogen) atoms. The van der Waals surface area contributed by atoms with E-state index in [1.807, 2.05) is 0 Å². The summed E-state index contributed by atoms with van der Waals surface area (Å²) in [6.45, 7) is 0. The minimum absolute atomic E-state index is 0.817. The third kappa shape index (κ3) is 6.10. The number of benzene rings is 9. The molecular formula is C54H39N. The highest BCUT2D eigenvalue weighted by Gasteiger charge is 2.25. The highest BCUT2D eigenvalue weighted by Crippen LogP contribution is 2.48. The van der Waals surface area contributed by atoms with Crippen molar-refractivity contribution >= 4 is 27.8 Å². The van der Waals surface area contributed by atoms with Crippen LogP contribution in [0.3, 0.4) is 0 Å². The van der Waals surface area contributed by atoms with Crippen LogP contribution >= 0.6 is 0 Å². The van der Waals surface area contributed by atoms with Crippen molar-refractivity contribution in [2.45, 2.75) is 12.8 Å². The summed E-state index contributed by atoms with van der Waals surface area (Å²) in [7, 11) is 0. The Balaban J connectivity index is 1.21. The quantitative estimate of drug-likeness (QED) is 0.173. The van der Waals surface area contributed by atoms with Gasteiger partial charge in [-0.05, 0) is 110 Å². The predicted octanol–water partition coefficient (Wildman–Crippen LogP) is 14.5. The Hall–Kier alpha value is -6.96. The minimum Gasteiger partial charge on any atom is -0.309 e. The summed E-state index contributed by atoms with van der Waals surface area (Å²) in [6, 6.07) is 78.0. The Morgan fingerprint density at radius 3 is 1.53 bits per heavy atom. The molecule has 1 nitrogen and oxygen atoms in total. The van der Waals surface area contributed by atoms with Crippen molar-refractivity contribution in [1.29, 1.82) is 0 Å². The third-order valence-corrected chi connectivity index (χ3v) is 11.2. The molecule has 0 N–H and O–H groups in total. The molecule has 0 aliphatic heterocycles. The molecule has 0 saturated heterocycles. The molecule has 10 rings (SSSR count). The standard InChI is InChI=1S/C54H39N/c1-2-16-40(17-3-1)50-25-12-13-27-52(50)55(47-33-31-39(32-34-47)42-30-29-38-15-4-5-18-41(38)35-42)53-28-14-22-46-37-44-20-7-10-24-49(44)48-23-9-6-19-43(48)36-45-21-8-11-26-51(45)54(46)53/h1-35H,36-37H2. The fraction of sp³-hybridized carbons (Fsp3) is 0.0370. The van der Waals surface area contributed by atoms with E-state index in [1.165, 1.54) is 77.5 Å². The van der Waals surface area contributed by atoms with E-state index in [0.717, 1.165) is 29.9 Å². The van der Waals surface area contributed by atoms with Gasteiger partial charge in [0.2, 0.25) is 0 Å². The van der Waals surface area contributed by atoms with Crippen molar-refractivity contribution in [2.24, 2.45) is 0 Å². The first-order chi connectivity index (χ1) is 27.3. The van der Waals surface area contributed by atoms with E-state index in [9.17, 15) is 0 Å². The number of hydrogen-bond donors (Lipinski definition) is 0. The van der Waals surface area contributed by atoms with E-state index in [-0.39, 0.29) is 0 Å². The highest BCUT2D eigenvalue weighted by atomic mass is 15.1. The first kappa shape index (κ1) is 32.7. The maximum absolute atomic E-state index is 2.49. The maximum Gasteiger partial charge on any atom is 0.0543 e. The third-order valence-electron chi connectivity index (χ3n) is 11.2. The molecule has 0 atom stereocenters. The lowest BCUT2D eigenvalue weighted by Gasteiger charge is -2.32. The molecule has 9 aromatic rings. The van der Waals surface area contributed by atoms with Gasteiger partial charge in [0.05, 0.1) is 11.4 Å². The smallest absolute Gasteiger partial charge is 0.0543 e. The normalized spacial score (nSPS) is 11.9. The Morgan fingerprint density at radius 2 is 0.800 bits per heavy atom. The fourth-order valence-corrected chi connectivity index (χ4v) is 8.54. The summed E-state index contributed by atoms with van der Waals surface area (Å²) < 4.78 is 0. The van der Waals surface area contributed by atoms with Crippen molar-refractivity contribution < 1.29 is 0 Å². The van der Waals surface area contributed by atoms with E-state index in [0.29, 0.717) is 0 Å². The zero-order valence-electron chi connectivity index (χ0n) is 30.6. The molecule has 0 fully saturated rings. The van der Waals surface area contributed by atoms with E-state index in [1.54, 1.807) is 0 Å². The second-order valence-electron chi connectivity index (χ2n) is 14.5. The van der Waals surface area contributed by atoms with Crippen molar-refractivity contribution in [2.75, 3.05) is 4.90 Å². The molecule has 0 spiro atoms. The van der Waals surface area contributed by atoms with E-state index >= 15 is 0 Å². The van der Waals surface area contributed by atoms with Crippen LogP contribution in [-0.2, 0) is 12.8 Å². The summed E-state index contributed by atoms with van der Waals surface area (Å²) in [4.78, 5) is 2.49. The van der Waals surface area contributed by atoms with Crippen LogP contribution in [-0.4, -0.2) is 0 Å². The van der Waals surface area contributed by atoms with Gasteiger partial charge in [-0.1, -0.05) is 182 Å². The number of rotatable bonds is 5. The lowest BCUT2D eigenvalue weighted by atomic mass is 9.83. The summed E-state index contributed by atoms with van der Waals surface area (Å²) in [5, 5.41) is 2.50. The van der Waals surface area contributed by atoms with Gasteiger partial charge in [0.25, 0.3) is 0 Å². The molecule has 0 unspecified atom stereocenters. The summed E-state index contributed by atoms with van der Waals surface area (Å²) >= 11 is 0. The van der Waals surface area contributed by atoms with E-state index in [2.05, 4.69) is 217 Å². The molecule has 1 heteroatoms. The average Bonchev–Trinajstić information content (AvgIpc) is 3.25. The van der Waals surface area contributed by atoms with Gasteiger partial charge in [-0.25, -0.2) is 0 Å². The fourth-order valence-electron chi connectivity index (χ4n) is 8.54. The number of anilines is 3. The topological polar surface area (TPSA) is 3.24 Å². The van der Waals surface area contributed by atoms with Gasteiger partial charge in [0, 0.05) is 16.8 Å². The van der Waals surface area contributed by atoms with Gasteiger partial charge in [0.15, 0.2) is 0 Å². The molecule has 0 radical (unpaired) electrons. The van der Waals surface area contributed by atoms with Gasteiger partial charge in [-0.15, -0.1) is 0 Å². The van der Waals surface area contributed by atoms with Crippen LogP contribution in [0.2, 0.25) is 0 Å². The van der Waals surface area contributed by atoms with E-state index in [4.69, 9.17) is 0 Å². The van der Waals surface area contributed by atoms with Crippen molar-refractivity contribution in [3.8, 4) is 44.5 Å². The lowest BCUT2D eigenvalue weighted by Crippen LogP contribution is -2.14. The Bertz CT molecular complexity index is 2810. The van der Waals surface area contributed by atoms with Gasteiger partial charge >= 0.3 is 0 Å². The summed E-state index contributed by atoms with van der Waals surface area (Å²) in [6.07, 6.45) is 1.66. The first-order valence-electron chi connectivity index (χ1n) is 19.2. The van der Waals surface area contributed by atoms with Crippen LogP contribution in [0.5, 0.6) is 0 Å². The number of nitrogens with zero attached hydrogens (tertiary/aromatic N) is 1. The van der Waals surface area contributed by atoms with Crippen LogP contribution in [0, 0.1) is 0 Å². The average molecular weight is 702 g/mol. The predicted molar refractivity (Wildman–Crippen MR) is 232 cm³/mol. The molecular weight excluding hydrogens is 663 g/mol. The lowest BCUT2D eigenvalue weighted by molar-refractivity contribution is 1.14. The molecule has 260 valence electrons. The Kier molecular flexibility index (Phi) is 8.39. The van der Waals surface area contributed by atoms with Gasteiger partial charge in [-0.2, -0.15) is 0 Å². The molecule has 0 aromatic heterocycles. The first-order valence-corrected chi connectivity index (χ1v) is 19.2. The van der Waals surface area contributed by atoms with Crippen molar-refractivity contribution in [3.63, 3.8) is 0 Å². The summed E-state index contributed by atoms with van der Waals surface area (Å²) in [5.41, 5.74) is 18.7. The number of fused-ring (bicyclic) bond motifs is 7. The second kappa shape index (κ2) is 14.1. The van der Waals surface area contributed by atoms with Gasteiger partial charge < -0.3 is 4.90 Å². The molecule has 0 amide bonds. The summed E-state index contributed by atoms with van der Waals surface area (Å²) in [5.74, 6) is 0.